The van der Waals surface area contributed by atoms with E-state index < -0.39 is 11.7 Å². The predicted octanol–water partition coefficient (Wildman–Crippen LogP) is 2.66. The minimum absolute atomic E-state index is 0.145. The first-order chi connectivity index (χ1) is 8.78. The molecule has 4 nitrogen and oxygen atoms in total. The summed E-state index contributed by atoms with van der Waals surface area (Å²) in [6, 6.07) is 1.81. The second kappa shape index (κ2) is 4.88. The van der Waals surface area contributed by atoms with Crippen LogP contribution in [0.2, 0.25) is 0 Å². The molecule has 7 heteroatoms. The van der Waals surface area contributed by atoms with Gasteiger partial charge in [-0.05, 0) is 31.9 Å². The van der Waals surface area contributed by atoms with Gasteiger partial charge in [0, 0.05) is 18.8 Å². The van der Waals surface area contributed by atoms with Crippen molar-refractivity contribution in [1.29, 1.82) is 0 Å². The van der Waals surface area contributed by atoms with Gasteiger partial charge in [0.1, 0.15) is 11.6 Å². The normalized spacial score (nSPS) is 19.2. The maximum absolute atomic E-state index is 12.7. The lowest BCUT2D eigenvalue weighted by molar-refractivity contribution is -0.137. The van der Waals surface area contributed by atoms with Crippen LogP contribution in [0.25, 0.3) is 0 Å². The van der Waals surface area contributed by atoms with Crippen LogP contribution in [0, 0.1) is 0 Å². The first kappa shape index (κ1) is 13.9. The van der Waals surface area contributed by atoms with Crippen LogP contribution in [0.5, 0.6) is 0 Å². The molecule has 2 heterocycles. The number of hydrogen-bond acceptors (Lipinski definition) is 4. The molecule has 0 saturated carbocycles. The van der Waals surface area contributed by atoms with Gasteiger partial charge in [-0.3, -0.25) is 0 Å². The Labute approximate surface area is 109 Å². The summed E-state index contributed by atoms with van der Waals surface area (Å²) in [5.74, 6) is 0.00436. The third kappa shape index (κ3) is 3.50. The number of nitrogens with two attached hydrogens (primary N) is 1. The highest BCUT2D eigenvalue weighted by atomic mass is 19.4. The topological polar surface area (TPSA) is 60.2 Å². The third-order valence-corrected chi connectivity index (χ3v) is 3.20. The van der Waals surface area contributed by atoms with E-state index in [4.69, 9.17) is 10.5 Å². The van der Waals surface area contributed by atoms with Crippen LogP contribution >= 0.6 is 0 Å². The van der Waals surface area contributed by atoms with Crippen LogP contribution in [0.4, 0.5) is 24.8 Å². The second-order valence-corrected chi connectivity index (χ2v) is 4.96. The van der Waals surface area contributed by atoms with E-state index in [1.54, 1.807) is 0 Å². The first-order valence-electron chi connectivity index (χ1n) is 5.99. The second-order valence-electron chi connectivity index (χ2n) is 4.96. The Balaban J connectivity index is 2.22. The van der Waals surface area contributed by atoms with Crippen LogP contribution in [0.3, 0.4) is 0 Å². The van der Waals surface area contributed by atoms with E-state index in [1.807, 2.05) is 6.92 Å². The Morgan fingerprint density at radius 1 is 1.32 bits per heavy atom. The zero-order valence-electron chi connectivity index (χ0n) is 10.5. The average molecular weight is 275 g/mol. The van der Waals surface area contributed by atoms with E-state index >= 15 is 0 Å². The number of ether oxygens (including phenoxy) is 1. The Kier molecular flexibility index (Phi) is 3.58. The van der Waals surface area contributed by atoms with Crippen LogP contribution in [0.1, 0.15) is 25.3 Å². The smallest absolute Gasteiger partial charge is 0.384 e. The lowest BCUT2D eigenvalue weighted by atomic mass is 9.92. The van der Waals surface area contributed by atoms with Gasteiger partial charge in [0.05, 0.1) is 5.56 Å². The van der Waals surface area contributed by atoms with Crippen molar-refractivity contribution in [3.05, 3.63) is 17.7 Å². The zero-order valence-corrected chi connectivity index (χ0v) is 10.5. The molecule has 0 aromatic carbocycles. The number of halogens is 3. The Morgan fingerprint density at radius 2 is 1.95 bits per heavy atom. The summed E-state index contributed by atoms with van der Waals surface area (Å²) in [6.45, 7) is 3.10. The number of rotatable bonds is 2. The fourth-order valence-electron chi connectivity index (χ4n) is 2.04. The molecular formula is C12H16F3N3O. The predicted molar refractivity (Wildman–Crippen MR) is 65.7 cm³/mol. The average Bonchev–Trinajstić information content (AvgIpc) is 2.27. The van der Waals surface area contributed by atoms with Gasteiger partial charge in [0.15, 0.2) is 0 Å². The summed E-state index contributed by atoms with van der Waals surface area (Å²) in [5, 5.41) is 3.04. The molecule has 1 aliphatic heterocycles. The number of alkyl halides is 3. The monoisotopic (exact) mass is 275 g/mol. The molecule has 0 radical (unpaired) electrons. The molecule has 0 atom stereocenters. The number of pyridine rings is 1. The van der Waals surface area contributed by atoms with Crippen molar-refractivity contribution in [2.75, 3.05) is 24.3 Å². The van der Waals surface area contributed by atoms with Gasteiger partial charge in [-0.25, -0.2) is 4.98 Å². The zero-order chi connectivity index (χ0) is 14.1. The molecule has 3 N–H and O–H groups in total. The highest BCUT2D eigenvalue weighted by Gasteiger charge is 2.33. The molecule has 106 valence electrons. The summed E-state index contributed by atoms with van der Waals surface area (Å²) >= 11 is 0. The lowest BCUT2D eigenvalue weighted by Crippen LogP contribution is -2.41. The minimum Gasteiger partial charge on any atom is -0.384 e. The molecule has 1 fully saturated rings. The molecular weight excluding hydrogens is 259 g/mol. The highest BCUT2D eigenvalue weighted by molar-refractivity contribution is 5.48. The molecule has 0 unspecified atom stereocenters. The Bertz CT molecular complexity index is 456. The van der Waals surface area contributed by atoms with Gasteiger partial charge >= 0.3 is 6.18 Å². The maximum Gasteiger partial charge on any atom is 0.416 e. The summed E-state index contributed by atoms with van der Waals surface area (Å²) in [5.41, 5.74) is 4.32. The Hall–Kier alpha value is -1.50. The van der Waals surface area contributed by atoms with Crippen molar-refractivity contribution < 1.29 is 17.9 Å². The summed E-state index contributed by atoms with van der Waals surface area (Å²) in [6.07, 6.45) is -3.00. The van der Waals surface area contributed by atoms with Gasteiger partial charge in [0.25, 0.3) is 0 Å². The number of aromatic nitrogens is 1. The molecule has 1 saturated heterocycles. The number of hydrogen-bond donors (Lipinski definition) is 2. The van der Waals surface area contributed by atoms with Crippen molar-refractivity contribution in [3.8, 4) is 0 Å². The standard InChI is InChI=1S/C12H16F3N3O/c1-11(2-4-19-5-3-11)18-10-7-8(12(13,14)15)6-9(16)17-10/h6-7H,2-5H2,1H3,(H3,16,17,18). The van der Waals surface area contributed by atoms with Crippen LogP contribution < -0.4 is 11.1 Å². The van der Waals surface area contributed by atoms with Gasteiger partial charge in [-0.15, -0.1) is 0 Å². The summed E-state index contributed by atoms with van der Waals surface area (Å²) in [4.78, 5) is 3.91. The van der Waals surface area contributed by atoms with Gasteiger partial charge in [0.2, 0.25) is 0 Å². The number of nitrogens with one attached hydrogen (secondary N) is 1. The van der Waals surface area contributed by atoms with E-state index in [0.717, 1.165) is 12.1 Å². The van der Waals surface area contributed by atoms with Crippen molar-refractivity contribution in [3.63, 3.8) is 0 Å². The third-order valence-electron chi connectivity index (χ3n) is 3.20. The van der Waals surface area contributed by atoms with Gasteiger partial charge in [-0.2, -0.15) is 13.2 Å². The fourth-order valence-corrected chi connectivity index (χ4v) is 2.04. The number of nitrogens with zero attached hydrogens (tertiary/aromatic N) is 1. The molecule has 0 aliphatic carbocycles. The molecule has 1 aliphatic rings. The molecule has 1 aromatic heterocycles. The molecule has 19 heavy (non-hydrogen) atoms. The van der Waals surface area contributed by atoms with Gasteiger partial charge < -0.3 is 15.8 Å². The number of anilines is 2. The van der Waals surface area contributed by atoms with E-state index in [1.165, 1.54) is 0 Å². The minimum atomic E-state index is -4.43. The molecule has 1 aromatic rings. The highest BCUT2D eigenvalue weighted by Crippen LogP contribution is 2.33. The first-order valence-corrected chi connectivity index (χ1v) is 5.99. The summed E-state index contributed by atoms with van der Waals surface area (Å²) < 4.78 is 43.3. The molecule has 2 rings (SSSR count). The van der Waals surface area contributed by atoms with Crippen LogP contribution in [-0.4, -0.2) is 23.7 Å². The number of nitrogen functional groups attached to an aromatic ring is 1. The quantitative estimate of drug-likeness (QED) is 0.871. The van der Waals surface area contributed by atoms with Crippen LogP contribution in [0.15, 0.2) is 12.1 Å². The maximum atomic E-state index is 12.7. The van der Waals surface area contributed by atoms with Crippen molar-refractivity contribution in [1.82, 2.24) is 4.98 Å². The summed E-state index contributed by atoms with van der Waals surface area (Å²) in [7, 11) is 0. The Morgan fingerprint density at radius 3 is 2.53 bits per heavy atom. The van der Waals surface area contributed by atoms with Crippen molar-refractivity contribution in [2.45, 2.75) is 31.5 Å². The van der Waals surface area contributed by atoms with Gasteiger partial charge in [-0.1, -0.05) is 0 Å². The molecule has 0 spiro atoms. The van der Waals surface area contributed by atoms with E-state index in [2.05, 4.69) is 10.3 Å². The largest absolute Gasteiger partial charge is 0.416 e. The van der Waals surface area contributed by atoms with E-state index in [0.29, 0.717) is 26.1 Å². The molecule has 0 amide bonds. The van der Waals surface area contributed by atoms with Crippen LogP contribution in [-0.2, 0) is 10.9 Å². The van der Waals surface area contributed by atoms with Crippen molar-refractivity contribution >= 4 is 11.6 Å². The molecule has 0 bridgehead atoms. The van der Waals surface area contributed by atoms with Crippen molar-refractivity contribution in [2.24, 2.45) is 0 Å². The van der Waals surface area contributed by atoms with E-state index in [-0.39, 0.29) is 17.2 Å². The SMILES string of the molecule is CC1(Nc2cc(C(F)(F)F)cc(N)n2)CCOCC1. The van der Waals surface area contributed by atoms with E-state index in [9.17, 15) is 13.2 Å². The fraction of sp³-hybridized carbons (Fsp3) is 0.583. The lowest BCUT2D eigenvalue weighted by Gasteiger charge is -2.35.